The number of allylic oxidation sites excluding steroid dienone is 1. The van der Waals surface area contributed by atoms with Gasteiger partial charge in [0.05, 0.1) is 34.7 Å². The first kappa shape index (κ1) is 28.2. The van der Waals surface area contributed by atoms with Crippen LogP contribution in [0, 0.1) is 0 Å². The lowest BCUT2D eigenvalue weighted by Crippen LogP contribution is -2.28. The largest absolute Gasteiger partial charge is 0.462 e. The Bertz CT molecular complexity index is 1300. The molecule has 2 N–H and O–H groups in total. The number of rotatable bonds is 11. The van der Waals surface area contributed by atoms with Gasteiger partial charge in [0.25, 0.3) is 5.91 Å². The topological polar surface area (TPSA) is 115 Å². The highest BCUT2D eigenvalue weighted by atomic mass is 35.5. The zero-order chi connectivity index (χ0) is 26.9. The Labute approximate surface area is 228 Å². The molecule has 0 bridgehead atoms. The van der Waals surface area contributed by atoms with Crippen molar-refractivity contribution in [3.63, 3.8) is 0 Å². The lowest BCUT2D eigenvalue weighted by Gasteiger charge is -2.15. The number of benzene rings is 2. The number of aromatic nitrogens is 3. The molecule has 0 spiro atoms. The Morgan fingerprint density at radius 2 is 1.84 bits per heavy atom. The third kappa shape index (κ3) is 7.58. The fourth-order valence-corrected chi connectivity index (χ4v) is 4.30. The molecule has 9 nitrogen and oxygen atoms in total. The van der Waals surface area contributed by atoms with Crippen molar-refractivity contribution in [1.29, 1.82) is 0 Å². The zero-order valence-corrected chi connectivity index (χ0v) is 22.5. The maximum atomic E-state index is 12.6. The highest BCUT2D eigenvalue weighted by Crippen LogP contribution is 2.25. The molecule has 0 aliphatic carbocycles. The molecule has 194 valence electrons. The van der Waals surface area contributed by atoms with E-state index in [2.05, 4.69) is 27.4 Å². The van der Waals surface area contributed by atoms with Crippen LogP contribution < -0.4 is 10.6 Å². The van der Waals surface area contributed by atoms with E-state index >= 15 is 0 Å². The van der Waals surface area contributed by atoms with Gasteiger partial charge in [-0.1, -0.05) is 41.0 Å². The second-order valence-corrected chi connectivity index (χ2v) is 9.48. The fraction of sp³-hybridized carbons (Fsp3) is 0.240. The van der Waals surface area contributed by atoms with Gasteiger partial charge in [0.15, 0.2) is 11.0 Å². The van der Waals surface area contributed by atoms with Gasteiger partial charge in [-0.05, 0) is 56.3 Å². The molecule has 1 unspecified atom stereocenters. The van der Waals surface area contributed by atoms with Gasteiger partial charge in [-0.15, -0.1) is 16.8 Å². The summed E-state index contributed by atoms with van der Waals surface area (Å²) in [4.78, 5) is 37.2. The Morgan fingerprint density at radius 1 is 1.14 bits per heavy atom. The van der Waals surface area contributed by atoms with Crippen LogP contribution in [0.4, 0.5) is 5.69 Å². The minimum absolute atomic E-state index is 0.000748. The van der Waals surface area contributed by atoms with E-state index in [1.54, 1.807) is 48.8 Å². The summed E-state index contributed by atoms with van der Waals surface area (Å²) in [5, 5.41) is 15.3. The van der Waals surface area contributed by atoms with Crippen molar-refractivity contribution in [1.82, 2.24) is 20.1 Å². The molecule has 0 radical (unpaired) electrons. The van der Waals surface area contributed by atoms with Crippen molar-refractivity contribution in [3.8, 4) is 0 Å². The highest BCUT2D eigenvalue weighted by molar-refractivity contribution is 7.99. The number of thioether (sulfide) groups is 1. The summed E-state index contributed by atoms with van der Waals surface area (Å²) in [5.41, 5.74) is 1.03. The number of amides is 2. The summed E-state index contributed by atoms with van der Waals surface area (Å²) < 4.78 is 6.76. The van der Waals surface area contributed by atoms with Gasteiger partial charge in [0, 0.05) is 17.1 Å². The SMILES string of the molecule is C=CCn1c(SCC(=O)Nc2cc(C(=O)OCC)ccc2Cl)nnc1C(C)NC(=O)c1ccc(Cl)cc1. The zero-order valence-electron chi connectivity index (χ0n) is 20.2. The Kier molecular flexibility index (Phi) is 10.1. The number of carbonyl (C=O) groups is 3. The smallest absolute Gasteiger partial charge is 0.338 e. The first-order valence-electron chi connectivity index (χ1n) is 11.2. The molecule has 3 aromatic rings. The number of esters is 1. The van der Waals surface area contributed by atoms with E-state index in [1.165, 1.54) is 18.2 Å². The van der Waals surface area contributed by atoms with Crippen molar-refractivity contribution < 1.29 is 19.1 Å². The van der Waals surface area contributed by atoms with Crippen LogP contribution in [0.25, 0.3) is 0 Å². The number of hydrogen-bond donors (Lipinski definition) is 2. The predicted octanol–water partition coefficient (Wildman–Crippen LogP) is 5.17. The van der Waals surface area contributed by atoms with Gasteiger partial charge < -0.3 is 19.9 Å². The molecule has 37 heavy (non-hydrogen) atoms. The molecular weight excluding hydrogens is 537 g/mol. The van der Waals surface area contributed by atoms with Crippen LogP contribution in [0.15, 0.2) is 60.3 Å². The maximum absolute atomic E-state index is 12.6. The number of ether oxygens (including phenoxy) is 1. The first-order valence-corrected chi connectivity index (χ1v) is 13.0. The van der Waals surface area contributed by atoms with Crippen LogP contribution in [0.3, 0.4) is 0 Å². The summed E-state index contributed by atoms with van der Waals surface area (Å²) >= 11 is 13.2. The monoisotopic (exact) mass is 561 g/mol. The van der Waals surface area contributed by atoms with E-state index in [1.807, 2.05) is 0 Å². The van der Waals surface area contributed by atoms with E-state index in [9.17, 15) is 14.4 Å². The highest BCUT2D eigenvalue weighted by Gasteiger charge is 2.21. The summed E-state index contributed by atoms with van der Waals surface area (Å²) in [6.45, 7) is 7.88. The van der Waals surface area contributed by atoms with Crippen LogP contribution in [-0.4, -0.2) is 44.9 Å². The van der Waals surface area contributed by atoms with E-state index in [4.69, 9.17) is 27.9 Å². The average Bonchev–Trinajstić information content (AvgIpc) is 3.27. The molecule has 3 rings (SSSR count). The number of nitrogens with zero attached hydrogens (tertiary/aromatic N) is 3. The first-order chi connectivity index (χ1) is 17.7. The van der Waals surface area contributed by atoms with Crippen molar-refractivity contribution in [2.24, 2.45) is 0 Å². The minimum atomic E-state index is -0.508. The van der Waals surface area contributed by atoms with Crippen LogP contribution in [-0.2, 0) is 16.1 Å². The Hall–Kier alpha value is -3.34. The Balaban J connectivity index is 1.67. The maximum Gasteiger partial charge on any atom is 0.338 e. The number of hydrogen-bond acceptors (Lipinski definition) is 7. The summed E-state index contributed by atoms with van der Waals surface area (Å²) in [6.07, 6.45) is 1.67. The molecule has 0 saturated heterocycles. The number of nitrogens with one attached hydrogen (secondary N) is 2. The second kappa shape index (κ2) is 13.3. The predicted molar refractivity (Wildman–Crippen MR) is 144 cm³/mol. The van der Waals surface area contributed by atoms with Gasteiger partial charge in [0.1, 0.15) is 0 Å². The summed E-state index contributed by atoms with van der Waals surface area (Å²) in [5.74, 6) is -0.637. The summed E-state index contributed by atoms with van der Waals surface area (Å²) in [7, 11) is 0. The van der Waals surface area contributed by atoms with Crippen molar-refractivity contribution >= 4 is 58.4 Å². The van der Waals surface area contributed by atoms with Crippen LogP contribution in [0.1, 0.15) is 46.4 Å². The molecule has 0 fully saturated rings. The van der Waals surface area contributed by atoms with Crippen LogP contribution in [0.5, 0.6) is 0 Å². The van der Waals surface area contributed by atoms with Crippen molar-refractivity contribution in [3.05, 3.63) is 82.1 Å². The van der Waals surface area contributed by atoms with Gasteiger partial charge >= 0.3 is 5.97 Å². The molecule has 0 saturated carbocycles. The van der Waals surface area contributed by atoms with E-state index in [0.717, 1.165) is 11.8 Å². The molecule has 12 heteroatoms. The molecule has 1 aromatic heterocycles. The Morgan fingerprint density at radius 3 is 2.51 bits per heavy atom. The molecule has 0 aliphatic heterocycles. The lowest BCUT2D eigenvalue weighted by atomic mass is 10.2. The van der Waals surface area contributed by atoms with Crippen molar-refractivity contribution in [2.45, 2.75) is 31.6 Å². The summed E-state index contributed by atoms with van der Waals surface area (Å²) in [6, 6.07) is 10.6. The second-order valence-electron chi connectivity index (χ2n) is 7.69. The van der Waals surface area contributed by atoms with E-state index in [0.29, 0.717) is 33.8 Å². The van der Waals surface area contributed by atoms with Gasteiger partial charge in [-0.25, -0.2) is 4.79 Å². The standard InChI is InChI=1S/C25H25Cl2N5O4S/c1-4-12-32-22(15(3)28-23(34)16-6-9-18(26)10-7-16)30-31-25(32)37-14-21(33)29-20-13-17(8-11-19(20)27)24(35)36-5-2/h4,6-11,13,15H,1,5,12,14H2,2-3H3,(H,28,34)(H,29,33). The molecule has 1 atom stereocenters. The number of carbonyl (C=O) groups excluding carboxylic acids is 3. The minimum Gasteiger partial charge on any atom is -0.462 e. The lowest BCUT2D eigenvalue weighted by molar-refractivity contribution is -0.113. The normalized spacial score (nSPS) is 11.5. The molecule has 1 heterocycles. The van der Waals surface area contributed by atoms with Crippen molar-refractivity contribution in [2.75, 3.05) is 17.7 Å². The van der Waals surface area contributed by atoms with Gasteiger partial charge in [-0.2, -0.15) is 0 Å². The quantitative estimate of drug-likeness (QED) is 0.188. The average molecular weight is 562 g/mol. The third-order valence-electron chi connectivity index (χ3n) is 4.98. The number of anilines is 1. The molecule has 2 aromatic carbocycles. The molecular formula is C25H25Cl2N5O4S. The molecule has 0 aliphatic rings. The van der Waals surface area contributed by atoms with E-state index in [-0.39, 0.29) is 34.8 Å². The molecule has 2 amide bonds. The van der Waals surface area contributed by atoms with Crippen LogP contribution >= 0.6 is 35.0 Å². The third-order valence-corrected chi connectivity index (χ3v) is 6.53. The number of halogens is 2. The van der Waals surface area contributed by atoms with Crippen LogP contribution in [0.2, 0.25) is 10.0 Å². The van der Waals surface area contributed by atoms with Gasteiger partial charge in [-0.3, -0.25) is 9.59 Å². The van der Waals surface area contributed by atoms with E-state index < -0.39 is 12.0 Å². The van der Waals surface area contributed by atoms with Gasteiger partial charge in [0.2, 0.25) is 5.91 Å². The fourth-order valence-electron chi connectivity index (χ4n) is 3.25.